The zero-order valence-corrected chi connectivity index (χ0v) is 13.5. The maximum atomic E-state index is 12.4. The summed E-state index contributed by atoms with van der Waals surface area (Å²) in [6, 6.07) is 1.32. The normalized spacial score (nSPS) is 15.7. The second-order valence-electron chi connectivity index (χ2n) is 6.52. The van der Waals surface area contributed by atoms with E-state index >= 15 is 0 Å². The van der Waals surface area contributed by atoms with E-state index in [-0.39, 0.29) is 5.91 Å². The van der Waals surface area contributed by atoms with Crippen molar-refractivity contribution in [1.29, 1.82) is 0 Å². The average Bonchev–Trinajstić information content (AvgIpc) is 2.43. The molecule has 1 aromatic heterocycles. The van der Waals surface area contributed by atoms with Crippen molar-refractivity contribution in [3.63, 3.8) is 0 Å². The molecule has 1 unspecified atom stereocenters. The standard InChI is InChI=1S/C16H23N3O3/c1-11(18-15(21)22-16(2,3)4)14(20)19-8-6-12-9-17-7-5-13(12)10-19/h5,7,9,11H,6,8,10H2,1-4H3,(H,18,21). The van der Waals surface area contributed by atoms with E-state index in [0.29, 0.717) is 13.1 Å². The summed E-state index contributed by atoms with van der Waals surface area (Å²) in [4.78, 5) is 30.0. The number of pyridine rings is 1. The quantitative estimate of drug-likeness (QED) is 0.905. The lowest BCUT2D eigenvalue weighted by Gasteiger charge is -2.31. The second kappa shape index (κ2) is 6.34. The number of nitrogens with one attached hydrogen (secondary N) is 1. The van der Waals surface area contributed by atoms with Gasteiger partial charge in [0, 0.05) is 25.5 Å². The molecule has 1 aliphatic heterocycles. The Morgan fingerprint density at radius 3 is 2.77 bits per heavy atom. The van der Waals surface area contributed by atoms with Crippen molar-refractivity contribution in [2.45, 2.75) is 52.3 Å². The van der Waals surface area contributed by atoms with Gasteiger partial charge in [0.15, 0.2) is 0 Å². The van der Waals surface area contributed by atoms with Gasteiger partial charge in [-0.3, -0.25) is 9.78 Å². The number of nitrogens with zero attached hydrogens (tertiary/aromatic N) is 2. The van der Waals surface area contributed by atoms with Crippen LogP contribution < -0.4 is 5.32 Å². The zero-order chi connectivity index (χ0) is 16.3. The van der Waals surface area contributed by atoms with Crippen molar-refractivity contribution in [2.24, 2.45) is 0 Å². The SMILES string of the molecule is CC(NC(=O)OC(C)(C)C)C(=O)N1CCc2cnccc2C1. The maximum absolute atomic E-state index is 12.4. The van der Waals surface area contributed by atoms with Crippen LogP contribution in [0.15, 0.2) is 18.5 Å². The molecule has 120 valence electrons. The highest BCUT2D eigenvalue weighted by atomic mass is 16.6. The van der Waals surface area contributed by atoms with E-state index in [4.69, 9.17) is 4.74 Å². The first-order chi connectivity index (χ1) is 10.3. The predicted molar refractivity (Wildman–Crippen MR) is 82.2 cm³/mol. The zero-order valence-electron chi connectivity index (χ0n) is 13.5. The van der Waals surface area contributed by atoms with Gasteiger partial charge in [-0.2, -0.15) is 0 Å². The first kappa shape index (κ1) is 16.3. The number of aromatic nitrogens is 1. The summed E-state index contributed by atoms with van der Waals surface area (Å²) < 4.78 is 5.17. The molecule has 1 aromatic rings. The molecule has 2 amide bonds. The Labute approximate surface area is 130 Å². The largest absolute Gasteiger partial charge is 0.444 e. The Morgan fingerprint density at radius 1 is 1.36 bits per heavy atom. The topological polar surface area (TPSA) is 71.5 Å². The van der Waals surface area contributed by atoms with Crippen LogP contribution in [0.5, 0.6) is 0 Å². The van der Waals surface area contributed by atoms with E-state index in [0.717, 1.165) is 12.0 Å². The summed E-state index contributed by atoms with van der Waals surface area (Å²) >= 11 is 0. The van der Waals surface area contributed by atoms with Crippen LogP contribution in [-0.2, 0) is 22.5 Å². The molecule has 1 aliphatic rings. The molecule has 6 nitrogen and oxygen atoms in total. The molecule has 1 N–H and O–H groups in total. The molecule has 2 heterocycles. The van der Waals surface area contributed by atoms with E-state index in [1.807, 2.05) is 12.3 Å². The lowest BCUT2D eigenvalue weighted by molar-refractivity contribution is -0.134. The molecule has 0 saturated carbocycles. The van der Waals surface area contributed by atoms with E-state index in [1.165, 1.54) is 5.56 Å². The van der Waals surface area contributed by atoms with E-state index in [1.54, 1.807) is 38.8 Å². The molecule has 0 aliphatic carbocycles. The summed E-state index contributed by atoms with van der Waals surface area (Å²) in [5, 5.41) is 2.59. The summed E-state index contributed by atoms with van der Waals surface area (Å²) in [5.74, 6) is -0.103. The minimum atomic E-state index is -0.613. The van der Waals surface area contributed by atoms with Gasteiger partial charge in [0.25, 0.3) is 0 Å². The number of alkyl carbamates (subject to hydrolysis) is 1. The van der Waals surface area contributed by atoms with Gasteiger partial charge in [0.05, 0.1) is 0 Å². The molecular formula is C16H23N3O3. The van der Waals surface area contributed by atoms with Gasteiger partial charge in [-0.05, 0) is 51.3 Å². The van der Waals surface area contributed by atoms with E-state index in [2.05, 4.69) is 10.3 Å². The van der Waals surface area contributed by atoms with Crippen LogP contribution in [0.4, 0.5) is 4.79 Å². The number of fused-ring (bicyclic) bond motifs is 1. The van der Waals surface area contributed by atoms with Gasteiger partial charge >= 0.3 is 6.09 Å². The Hall–Kier alpha value is -2.11. The van der Waals surface area contributed by atoms with Crippen molar-refractivity contribution < 1.29 is 14.3 Å². The van der Waals surface area contributed by atoms with Crippen LogP contribution in [0.25, 0.3) is 0 Å². The van der Waals surface area contributed by atoms with Crippen LogP contribution in [0.1, 0.15) is 38.8 Å². The molecular weight excluding hydrogens is 282 g/mol. The molecule has 2 rings (SSSR count). The van der Waals surface area contributed by atoms with Crippen LogP contribution >= 0.6 is 0 Å². The van der Waals surface area contributed by atoms with E-state index < -0.39 is 17.7 Å². The smallest absolute Gasteiger partial charge is 0.408 e. The van der Waals surface area contributed by atoms with Gasteiger partial charge in [0.1, 0.15) is 11.6 Å². The Balaban J connectivity index is 1.93. The number of hydrogen-bond donors (Lipinski definition) is 1. The molecule has 0 bridgehead atoms. The van der Waals surface area contributed by atoms with Crippen LogP contribution in [0.2, 0.25) is 0 Å². The first-order valence-electron chi connectivity index (χ1n) is 7.46. The molecule has 0 radical (unpaired) electrons. The number of rotatable bonds is 2. The molecule has 0 saturated heterocycles. The Morgan fingerprint density at radius 2 is 2.09 bits per heavy atom. The summed E-state index contributed by atoms with van der Waals surface area (Å²) in [6.07, 6.45) is 3.79. The molecule has 22 heavy (non-hydrogen) atoms. The Kier molecular flexibility index (Phi) is 4.68. The summed E-state index contributed by atoms with van der Waals surface area (Å²) in [5.41, 5.74) is 1.71. The third kappa shape index (κ3) is 4.19. The van der Waals surface area contributed by atoms with Crippen molar-refractivity contribution in [3.8, 4) is 0 Å². The fourth-order valence-corrected chi connectivity index (χ4v) is 2.38. The van der Waals surface area contributed by atoms with Crippen molar-refractivity contribution in [1.82, 2.24) is 15.2 Å². The number of ether oxygens (including phenoxy) is 1. The minimum absolute atomic E-state index is 0.103. The van der Waals surface area contributed by atoms with Crippen LogP contribution in [0, 0.1) is 0 Å². The number of carbonyl (C=O) groups excluding carboxylic acids is 2. The fraction of sp³-hybridized carbons (Fsp3) is 0.562. The monoisotopic (exact) mass is 305 g/mol. The molecule has 1 atom stereocenters. The lowest BCUT2D eigenvalue weighted by Crippen LogP contribution is -2.49. The fourth-order valence-electron chi connectivity index (χ4n) is 2.38. The van der Waals surface area contributed by atoms with Crippen LogP contribution in [0.3, 0.4) is 0 Å². The molecule has 6 heteroatoms. The summed E-state index contributed by atoms with van der Waals surface area (Å²) in [7, 11) is 0. The van der Waals surface area contributed by atoms with Gasteiger partial charge in [0.2, 0.25) is 5.91 Å². The highest BCUT2D eigenvalue weighted by Crippen LogP contribution is 2.18. The van der Waals surface area contributed by atoms with Gasteiger partial charge in [-0.15, -0.1) is 0 Å². The second-order valence-corrected chi connectivity index (χ2v) is 6.52. The lowest BCUT2D eigenvalue weighted by atomic mass is 10.0. The predicted octanol–water partition coefficient (Wildman–Crippen LogP) is 1.88. The number of amides is 2. The van der Waals surface area contributed by atoms with Crippen molar-refractivity contribution in [3.05, 3.63) is 29.6 Å². The van der Waals surface area contributed by atoms with Gasteiger partial charge in [-0.25, -0.2) is 4.79 Å². The van der Waals surface area contributed by atoms with Gasteiger partial charge < -0.3 is 15.0 Å². The third-order valence-electron chi connectivity index (χ3n) is 3.43. The minimum Gasteiger partial charge on any atom is -0.444 e. The molecule has 0 aromatic carbocycles. The highest BCUT2D eigenvalue weighted by Gasteiger charge is 2.27. The summed E-state index contributed by atoms with van der Waals surface area (Å²) in [6.45, 7) is 8.22. The molecule has 0 fully saturated rings. The third-order valence-corrected chi connectivity index (χ3v) is 3.43. The first-order valence-corrected chi connectivity index (χ1v) is 7.46. The number of hydrogen-bond acceptors (Lipinski definition) is 4. The van der Waals surface area contributed by atoms with Crippen molar-refractivity contribution in [2.75, 3.05) is 6.54 Å². The Bertz CT molecular complexity index is 566. The molecule has 0 spiro atoms. The van der Waals surface area contributed by atoms with Crippen LogP contribution in [-0.4, -0.2) is 40.1 Å². The van der Waals surface area contributed by atoms with Crippen molar-refractivity contribution >= 4 is 12.0 Å². The highest BCUT2D eigenvalue weighted by molar-refractivity contribution is 5.85. The number of carbonyl (C=O) groups is 2. The average molecular weight is 305 g/mol. The van der Waals surface area contributed by atoms with E-state index in [9.17, 15) is 9.59 Å². The van der Waals surface area contributed by atoms with Gasteiger partial charge in [-0.1, -0.05) is 0 Å². The maximum Gasteiger partial charge on any atom is 0.408 e.